The van der Waals surface area contributed by atoms with Gasteiger partial charge in [0.2, 0.25) is 0 Å². The first-order valence-corrected chi connectivity index (χ1v) is 10.4. The summed E-state index contributed by atoms with van der Waals surface area (Å²) in [5.41, 5.74) is 2.04. The number of nitrogens with zero attached hydrogens (tertiary/aromatic N) is 1. The fourth-order valence-electron chi connectivity index (χ4n) is 2.52. The van der Waals surface area contributed by atoms with Gasteiger partial charge in [0, 0.05) is 22.7 Å². The number of rotatable bonds is 7. The fourth-order valence-corrected chi connectivity index (χ4v) is 4.18. The van der Waals surface area contributed by atoms with Crippen molar-refractivity contribution in [3.63, 3.8) is 0 Å². The minimum absolute atomic E-state index is 0.386. The number of thiazole rings is 1. The molecule has 1 atom stereocenters. The van der Waals surface area contributed by atoms with Crippen molar-refractivity contribution in [1.29, 1.82) is 0 Å². The maximum Gasteiger partial charge on any atom is 0.351 e. The lowest BCUT2D eigenvalue weighted by atomic mass is 10.2. The van der Waals surface area contributed by atoms with E-state index in [0.717, 1.165) is 10.6 Å². The lowest BCUT2D eigenvalue weighted by Gasteiger charge is -2.14. The zero-order chi connectivity index (χ0) is 21.0. The Morgan fingerprint density at radius 1 is 1.14 bits per heavy atom. The second-order valence-electron chi connectivity index (χ2n) is 6.05. The number of benzene rings is 1. The normalized spacial score (nSPS) is 11.6. The van der Waals surface area contributed by atoms with E-state index in [1.54, 1.807) is 36.5 Å². The topological polar surface area (TPSA) is 86.8 Å². The number of esters is 1. The van der Waals surface area contributed by atoms with Gasteiger partial charge in [-0.25, -0.2) is 9.78 Å². The molecule has 9 heteroatoms. The smallest absolute Gasteiger partial charge is 0.351 e. The van der Waals surface area contributed by atoms with Crippen molar-refractivity contribution in [2.45, 2.75) is 20.0 Å². The average molecular weight is 433 g/mol. The molecular weight excluding hydrogens is 412 g/mol. The highest BCUT2D eigenvalue weighted by Gasteiger charge is 2.23. The van der Waals surface area contributed by atoms with Gasteiger partial charge in [0.1, 0.15) is 9.88 Å². The average Bonchev–Trinajstić information content (AvgIpc) is 3.37. The number of methoxy groups -OCH3 is 2. The molecule has 29 heavy (non-hydrogen) atoms. The Balaban J connectivity index is 1.66. The van der Waals surface area contributed by atoms with Gasteiger partial charge < -0.3 is 19.5 Å². The van der Waals surface area contributed by atoms with Gasteiger partial charge >= 0.3 is 5.97 Å². The van der Waals surface area contributed by atoms with Crippen molar-refractivity contribution in [3.8, 4) is 22.1 Å². The van der Waals surface area contributed by atoms with Crippen LogP contribution >= 0.6 is 22.7 Å². The number of thiophene rings is 1. The fraction of sp³-hybridized carbons (Fsp3) is 0.250. The Hall–Kier alpha value is -2.91. The van der Waals surface area contributed by atoms with Gasteiger partial charge in [0.15, 0.2) is 17.6 Å². The lowest BCUT2D eigenvalue weighted by Crippen LogP contribution is -2.30. The maximum absolute atomic E-state index is 12.5. The van der Waals surface area contributed by atoms with E-state index >= 15 is 0 Å². The van der Waals surface area contributed by atoms with Crippen LogP contribution in [0.25, 0.3) is 10.6 Å². The molecule has 0 bridgehead atoms. The van der Waals surface area contributed by atoms with E-state index in [1.807, 2.05) is 16.8 Å². The van der Waals surface area contributed by atoms with Crippen LogP contribution in [0.3, 0.4) is 0 Å². The van der Waals surface area contributed by atoms with Gasteiger partial charge in [0.25, 0.3) is 5.91 Å². The first kappa shape index (κ1) is 20.8. The highest BCUT2D eigenvalue weighted by Crippen LogP contribution is 2.31. The van der Waals surface area contributed by atoms with Crippen molar-refractivity contribution >= 4 is 40.2 Å². The second-order valence-corrected chi connectivity index (χ2v) is 7.83. The maximum atomic E-state index is 12.5. The van der Waals surface area contributed by atoms with Crippen LogP contribution < -0.4 is 14.8 Å². The Morgan fingerprint density at radius 3 is 2.55 bits per heavy atom. The molecule has 0 aliphatic carbocycles. The van der Waals surface area contributed by atoms with Crippen molar-refractivity contribution in [2.75, 3.05) is 19.5 Å². The van der Waals surface area contributed by atoms with Crippen molar-refractivity contribution in [3.05, 3.63) is 45.6 Å². The Kier molecular flexibility index (Phi) is 6.50. The van der Waals surface area contributed by atoms with Crippen LogP contribution in [0.5, 0.6) is 11.5 Å². The predicted octanol–water partition coefficient (Wildman–Crippen LogP) is 4.38. The molecule has 0 aliphatic rings. The summed E-state index contributed by atoms with van der Waals surface area (Å²) >= 11 is 2.81. The number of aryl methyl sites for hydroxylation is 1. The number of aromatic nitrogens is 1. The Morgan fingerprint density at radius 2 is 1.90 bits per heavy atom. The molecule has 1 aromatic carbocycles. The van der Waals surface area contributed by atoms with Gasteiger partial charge in [-0.05, 0) is 37.4 Å². The van der Waals surface area contributed by atoms with Crippen LogP contribution in [-0.4, -0.2) is 37.2 Å². The van der Waals surface area contributed by atoms with E-state index in [9.17, 15) is 9.59 Å². The third-order valence-corrected chi connectivity index (χ3v) is 5.92. The van der Waals surface area contributed by atoms with E-state index in [2.05, 4.69) is 10.3 Å². The molecule has 0 fully saturated rings. The zero-order valence-corrected chi connectivity index (χ0v) is 18.0. The van der Waals surface area contributed by atoms with Gasteiger partial charge in [-0.3, -0.25) is 4.79 Å². The van der Waals surface area contributed by atoms with Crippen LogP contribution in [0, 0.1) is 6.92 Å². The first-order valence-electron chi connectivity index (χ1n) is 8.66. The summed E-state index contributed by atoms with van der Waals surface area (Å²) in [7, 11) is 3.04. The van der Waals surface area contributed by atoms with Crippen molar-refractivity contribution in [1.82, 2.24) is 4.98 Å². The molecule has 1 N–H and O–H groups in total. The van der Waals surface area contributed by atoms with Gasteiger partial charge in [-0.15, -0.1) is 11.3 Å². The monoisotopic (exact) mass is 432 g/mol. The molecule has 3 aromatic rings. The Bertz CT molecular complexity index is 1010. The summed E-state index contributed by atoms with van der Waals surface area (Å²) in [4.78, 5) is 29.8. The summed E-state index contributed by atoms with van der Waals surface area (Å²) < 4.78 is 15.7. The molecule has 0 radical (unpaired) electrons. The highest BCUT2D eigenvalue weighted by molar-refractivity contribution is 7.17. The number of carbonyl (C=O) groups excluding carboxylic acids is 2. The summed E-state index contributed by atoms with van der Waals surface area (Å²) in [5, 5.41) is 7.37. The zero-order valence-electron chi connectivity index (χ0n) is 16.3. The molecule has 0 spiro atoms. The standard InChI is InChI=1S/C20H20N2O5S2/c1-11-17(29-19(21-11)13-7-8-28-10-13)20(24)27-12(2)18(23)22-14-5-6-15(25-3)16(9-14)26-4/h5-10,12H,1-4H3,(H,22,23). The number of ether oxygens (including phenoxy) is 3. The largest absolute Gasteiger partial charge is 0.493 e. The highest BCUT2D eigenvalue weighted by atomic mass is 32.1. The molecule has 0 saturated carbocycles. The molecule has 0 aliphatic heterocycles. The molecule has 3 rings (SSSR count). The summed E-state index contributed by atoms with van der Waals surface area (Å²) in [5.74, 6) is 0.00509. The van der Waals surface area contributed by atoms with E-state index in [0.29, 0.717) is 27.8 Å². The SMILES string of the molecule is COc1ccc(NC(=O)C(C)OC(=O)c2sc(-c3ccsc3)nc2C)cc1OC. The number of amides is 1. The Labute approximate surface area is 176 Å². The molecular formula is C20H20N2O5S2. The summed E-state index contributed by atoms with van der Waals surface area (Å²) in [6, 6.07) is 6.93. The van der Waals surface area contributed by atoms with E-state index in [-0.39, 0.29) is 0 Å². The number of hydrogen-bond donors (Lipinski definition) is 1. The van der Waals surface area contributed by atoms with E-state index in [4.69, 9.17) is 14.2 Å². The van der Waals surface area contributed by atoms with E-state index < -0.39 is 18.0 Å². The molecule has 2 heterocycles. The molecule has 0 saturated heterocycles. The van der Waals surface area contributed by atoms with Gasteiger partial charge in [-0.2, -0.15) is 11.3 Å². The van der Waals surface area contributed by atoms with Gasteiger partial charge in [-0.1, -0.05) is 0 Å². The van der Waals surface area contributed by atoms with E-state index in [1.165, 1.54) is 32.5 Å². The van der Waals surface area contributed by atoms with Gasteiger partial charge in [0.05, 0.1) is 19.9 Å². The quantitative estimate of drug-likeness (QED) is 0.558. The first-order chi connectivity index (χ1) is 13.9. The molecule has 2 aromatic heterocycles. The molecule has 1 unspecified atom stereocenters. The minimum Gasteiger partial charge on any atom is -0.493 e. The van der Waals surface area contributed by atoms with Crippen molar-refractivity contribution < 1.29 is 23.8 Å². The summed E-state index contributed by atoms with van der Waals surface area (Å²) in [6.07, 6.45) is -0.985. The third kappa shape index (κ3) is 4.75. The molecule has 1 amide bonds. The number of nitrogens with one attached hydrogen (secondary N) is 1. The van der Waals surface area contributed by atoms with Crippen LogP contribution in [0.1, 0.15) is 22.3 Å². The summed E-state index contributed by atoms with van der Waals surface area (Å²) in [6.45, 7) is 3.27. The van der Waals surface area contributed by atoms with Crippen LogP contribution in [0.15, 0.2) is 35.0 Å². The van der Waals surface area contributed by atoms with Crippen LogP contribution in [-0.2, 0) is 9.53 Å². The second kappa shape index (κ2) is 9.06. The number of hydrogen-bond acceptors (Lipinski definition) is 8. The minimum atomic E-state index is -0.985. The number of carbonyl (C=O) groups is 2. The van der Waals surface area contributed by atoms with Crippen LogP contribution in [0.2, 0.25) is 0 Å². The van der Waals surface area contributed by atoms with Crippen LogP contribution in [0.4, 0.5) is 5.69 Å². The van der Waals surface area contributed by atoms with Crippen molar-refractivity contribution in [2.24, 2.45) is 0 Å². The predicted molar refractivity (Wildman–Crippen MR) is 113 cm³/mol. The molecule has 152 valence electrons. The molecule has 7 nitrogen and oxygen atoms in total. The number of anilines is 1. The third-order valence-electron chi connectivity index (χ3n) is 4.05. The lowest BCUT2D eigenvalue weighted by molar-refractivity contribution is -0.123.